The summed E-state index contributed by atoms with van der Waals surface area (Å²) in [6.07, 6.45) is 3.49. The van der Waals surface area contributed by atoms with Crippen LogP contribution in [0.2, 0.25) is 0 Å². The lowest BCUT2D eigenvalue weighted by atomic mass is 10.1. The Labute approximate surface area is 140 Å². The molecule has 0 atom stereocenters. The highest BCUT2D eigenvalue weighted by Gasteiger charge is 2.09. The first-order valence-corrected chi connectivity index (χ1v) is 7.49. The predicted octanol–water partition coefficient (Wildman–Crippen LogP) is 2.34. The van der Waals surface area contributed by atoms with Crippen molar-refractivity contribution in [3.8, 4) is 17.5 Å². The first-order chi connectivity index (χ1) is 11.7. The average molecular weight is 316 g/mol. The largest absolute Gasteiger partial charge is 0.354 e. The third-order valence-corrected chi connectivity index (χ3v) is 3.49. The molecule has 24 heavy (non-hydrogen) atoms. The molecule has 0 aliphatic heterocycles. The standard InChI is InChI=1S/C19H16N4O/c1-14-13-15(6-8-16-5-3-4-11-21-16)7-9-18(14)23-12-10-17(22-23)19(24)20-2/h3-5,7,9-13H,1-2H3,(H,20,24). The molecule has 5 heteroatoms. The Morgan fingerprint density at radius 1 is 1.17 bits per heavy atom. The normalized spacial score (nSPS) is 9.92. The first kappa shape index (κ1) is 15.5. The fourth-order valence-corrected chi connectivity index (χ4v) is 2.27. The van der Waals surface area contributed by atoms with Crippen molar-refractivity contribution in [3.05, 3.63) is 77.4 Å². The van der Waals surface area contributed by atoms with E-state index in [1.165, 1.54) is 0 Å². The lowest BCUT2D eigenvalue weighted by molar-refractivity contribution is 0.0957. The van der Waals surface area contributed by atoms with Crippen molar-refractivity contribution in [2.24, 2.45) is 0 Å². The quantitative estimate of drug-likeness (QED) is 0.738. The molecule has 0 saturated carbocycles. The van der Waals surface area contributed by atoms with Crippen molar-refractivity contribution in [2.75, 3.05) is 7.05 Å². The van der Waals surface area contributed by atoms with E-state index in [9.17, 15) is 4.79 Å². The lowest BCUT2D eigenvalue weighted by Gasteiger charge is -2.06. The van der Waals surface area contributed by atoms with Crippen LogP contribution in [0.15, 0.2) is 54.9 Å². The molecule has 0 aliphatic carbocycles. The highest BCUT2D eigenvalue weighted by Crippen LogP contribution is 2.15. The minimum Gasteiger partial charge on any atom is -0.354 e. The Bertz CT molecular complexity index is 933. The van der Waals surface area contributed by atoms with Crippen molar-refractivity contribution in [2.45, 2.75) is 6.92 Å². The van der Waals surface area contributed by atoms with Gasteiger partial charge in [-0.1, -0.05) is 12.0 Å². The van der Waals surface area contributed by atoms with E-state index in [1.807, 2.05) is 43.3 Å². The zero-order valence-electron chi connectivity index (χ0n) is 13.4. The summed E-state index contributed by atoms with van der Waals surface area (Å²) in [7, 11) is 1.58. The van der Waals surface area contributed by atoms with E-state index in [0.29, 0.717) is 5.69 Å². The molecule has 2 heterocycles. The maximum Gasteiger partial charge on any atom is 0.271 e. The minimum absolute atomic E-state index is 0.204. The summed E-state index contributed by atoms with van der Waals surface area (Å²) in [6.45, 7) is 1.99. The van der Waals surface area contributed by atoms with E-state index in [-0.39, 0.29) is 5.91 Å². The molecule has 0 unspecified atom stereocenters. The molecule has 3 rings (SSSR count). The highest BCUT2D eigenvalue weighted by atomic mass is 16.1. The second-order valence-electron chi connectivity index (χ2n) is 5.19. The molecule has 3 aromatic rings. The summed E-state index contributed by atoms with van der Waals surface area (Å²) in [5.41, 5.74) is 3.96. The van der Waals surface area contributed by atoms with Crippen LogP contribution in [-0.4, -0.2) is 27.7 Å². The van der Waals surface area contributed by atoms with Gasteiger partial charge in [-0.2, -0.15) is 5.10 Å². The molecular weight excluding hydrogens is 300 g/mol. The topological polar surface area (TPSA) is 59.8 Å². The molecule has 0 saturated heterocycles. The van der Waals surface area contributed by atoms with Gasteiger partial charge in [0.15, 0.2) is 5.69 Å². The summed E-state index contributed by atoms with van der Waals surface area (Å²) >= 11 is 0. The fraction of sp³-hybridized carbons (Fsp3) is 0.105. The number of hydrogen-bond donors (Lipinski definition) is 1. The number of amides is 1. The number of carbonyl (C=O) groups is 1. The van der Waals surface area contributed by atoms with Crippen LogP contribution in [0.25, 0.3) is 5.69 Å². The third-order valence-electron chi connectivity index (χ3n) is 3.49. The van der Waals surface area contributed by atoms with E-state index in [0.717, 1.165) is 22.5 Å². The molecule has 0 aliphatic rings. The molecule has 2 aromatic heterocycles. The Kier molecular flexibility index (Phi) is 4.39. The van der Waals surface area contributed by atoms with Gasteiger partial charge in [-0.25, -0.2) is 9.67 Å². The van der Waals surface area contributed by atoms with Crippen LogP contribution >= 0.6 is 0 Å². The smallest absolute Gasteiger partial charge is 0.271 e. The molecule has 1 aromatic carbocycles. The lowest BCUT2D eigenvalue weighted by Crippen LogP contribution is -2.18. The molecular formula is C19H16N4O. The number of pyridine rings is 1. The second-order valence-corrected chi connectivity index (χ2v) is 5.19. The molecule has 0 bridgehead atoms. The predicted molar refractivity (Wildman–Crippen MR) is 91.9 cm³/mol. The summed E-state index contributed by atoms with van der Waals surface area (Å²) in [5.74, 6) is 5.94. The summed E-state index contributed by atoms with van der Waals surface area (Å²) < 4.78 is 1.69. The van der Waals surface area contributed by atoms with Gasteiger partial charge >= 0.3 is 0 Å². The summed E-state index contributed by atoms with van der Waals surface area (Å²) in [4.78, 5) is 15.8. The van der Waals surface area contributed by atoms with E-state index < -0.39 is 0 Å². The maximum absolute atomic E-state index is 11.6. The molecule has 0 fully saturated rings. The van der Waals surface area contributed by atoms with Crippen LogP contribution < -0.4 is 5.32 Å². The van der Waals surface area contributed by atoms with Gasteiger partial charge in [0.05, 0.1) is 5.69 Å². The highest BCUT2D eigenvalue weighted by molar-refractivity contribution is 5.91. The molecule has 0 spiro atoms. The second kappa shape index (κ2) is 6.80. The average Bonchev–Trinajstić information content (AvgIpc) is 3.10. The molecule has 118 valence electrons. The molecule has 1 N–H and O–H groups in total. The van der Waals surface area contributed by atoms with Crippen LogP contribution in [0.1, 0.15) is 27.3 Å². The van der Waals surface area contributed by atoms with E-state index in [4.69, 9.17) is 0 Å². The van der Waals surface area contributed by atoms with Gasteiger partial charge in [0.1, 0.15) is 5.69 Å². The molecule has 1 amide bonds. The number of carbonyl (C=O) groups excluding carboxylic acids is 1. The maximum atomic E-state index is 11.6. The van der Waals surface area contributed by atoms with Gasteiger partial charge in [0.25, 0.3) is 5.91 Å². The fourth-order valence-electron chi connectivity index (χ4n) is 2.27. The van der Waals surface area contributed by atoms with E-state index in [1.54, 1.807) is 30.2 Å². The number of nitrogens with one attached hydrogen (secondary N) is 1. The van der Waals surface area contributed by atoms with E-state index in [2.05, 4.69) is 27.2 Å². The van der Waals surface area contributed by atoms with Crippen molar-refractivity contribution in [1.82, 2.24) is 20.1 Å². The number of aromatic nitrogens is 3. The number of rotatable bonds is 2. The van der Waals surface area contributed by atoms with Gasteiger partial charge in [-0.15, -0.1) is 0 Å². The molecule has 0 radical (unpaired) electrons. The van der Waals surface area contributed by atoms with Crippen molar-refractivity contribution < 1.29 is 4.79 Å². The van der Waals surface area contributed by atoms with Gasteiger partial charge in [-0.3, -0.25) is 4.79 Å². The Hall–Kier alpha value is -3.39. The Morgan fingerprint density at radius 3 is 2.75 bits per heavy atom. The third kappa shape index (κ3) is 3.33. The van der Waals surface area contributed by atoms with Gasteiger partial charge < -0.3 is 5.32 Å². The van der Waals surface area contributed by atoms with Crippen LogP contribution in [0.3, 0.4) is 0 Å². The monoisotopic (exact) mass is 316 g/mol. The minimum atomic E-state index is -0.204. The van der Waals surface area contributed by atoms with Gasteiger partial charge in [0, 0.05) is 25.0 Å². The van der Waals surface area contributed by atoms with Gasteiger partial charge in [-0.05, 0) is 54.8 Å². The summed E-state index contributed by atoms with van der Waals surface area (Å²) in [5, 5.41) is 6.86. The van der Waals surface area contributed by atoms with Crippen LogP contribution in [-0.2, 0) is 0 Å². The van der Waals surface area contributed by atoms with Crippen LogP contribution in [0.4, 0.5) is 0 Å². The zero-order chi connectivity index (χ0) is 16.9. The number of benzene rings is 1. The molecule has 5 nitrogen and oxygen atoms in total. The summed E-state index contributed by atoms with van der Waals surface area (Å²) in [6, 6.07) is 13.2. The SMILES string of the molecule is CNC(=O)c1ccn(-c2ccc(C#Cc3ccccn3)cc2C)n1. The number of aryl methyl sites for hydroxylation is 1. The van der Waals surface area contributed by atoms with Crippen molar-refractivity contribution in [1.29, 1.82) is 0 Å². The van der Waals surface area contributed by atoms with Crippen LogP contribution in [0.5, 0.6) is 0 Å². The Morgan fingerprint density at radius 2 is 2.04 bits per heavy atom. The number of hydrogen-bond acceptors (Lipinski definition) is 3. The Balaban J connectivity index is 1.87. The van der Waals surface area contributed by atoms with Crippen molar-refractivity contribution >= 4 is 5.91 Å². The van der Waals surface area contributed by atoms with E-state index >= 15 is 0 Å². The zero-order valence-corrected chi connectivity index (χ0v) is 13.4. The first-order valence-electron chi connectivity index (χ1n) is 7.49. The van der Waals surface area contributed by atoms with Crippen LogP contribution in [0, 0.1) is 18.8 Å². The van der Waals surface area contributed by atoms with Crippen molar-refractivity contribution in [3.63, 3.8) is 0 Å². The van der Waals surface area contributed by atoms with Gasteiger partial charge in [0.2, 0.25) is 0 Å². The number of nitrogens with zero attached hydrogens (tertiary/aromatic N) is 3.